The Hall–Kier alpha value is -7.44. The molecule has 6 nitrogen and oxygen atoms in total. The van der Waals surface area contributed by atoms with Crippen LogP contribution in [0.2, 0.25) is 0 Å². The van der Waals surface area contributed by atoms with E-state index in [0.717, 1.165) is 33.4 Å². The fraction of sp³-hybridized carbons (Fsp3) is 0.273. The van der Waals surface area contributed by atoms with Crippen LogP contribution in [0.4, 0.5) is 0 Å². The normalized spacial score (nSPS) is 17.6. The summed E-state index contributed by atoms with van der Waals surface area (Å²) < 4.78 is 0. The Morgan fingerprint density at radius 1 is 0.264 bits per heavy atom. The lowest BCUT2D eigenvalue weighted by Crippen LogP contribution is -2.60. The zero-order chi connectivity index (χ0) is 50.3. The lowest BCUT2D eigenvalue weighted by atomic mass is 9.39. The zero-order valence-electron chi connectivity index (χ0n) is 43.7. The van der Waals surface area contributed by atoms with Crippen molar-refractivity contribution in [2.45, 2.75) is 105 Å². The maximum Gasteiger partial charge on any atom is 0.164 e. The fourth-order valence-corrected chi connectivity index (χ4v) is 13.0. The second-order valence-corrected chi connectivity index (χ2v) is 23.6. The van der Waals surface area contributed by atoms with E-state index >= 15 is 0 Å². The maximum atomic E-state index is 5.22. The van der Waals surface area contributed by atoms with E-state index < -0.39 is 0 Å². The molecule has 0 bridgehead atoms. The van der Waals surface area contributed by atoms with Crippen molar-refractivity contribution in [3.05, 3.63) is 191 Å². The summed E-state index contributed by atoms with van der Waals surface area (Å²) in [4.78, 5) is 31.0. The summed E-state index contributed by atoms with van der Waals surface area (Å²) in [6, 6.07) is 55.1. The molecule has 0 unspecified atom stereocenters. The van der Waals surface area contributed by atoms with E-state index in [-0.39, 0.29) is 32.5 Å². The van der Waals surface area contributed by atoms with Crippen molar-refractivity contribution >= 4 is 0 Å². The average molecular weight is 939 g/mol. The minimum Gasteiger partial charge on any atom is -0.208 e. The highest BCUT2D eigenvalue weighted by molar-refractivity contribution is 5.98. The number of fused-ring (bicyclic) bond motifs is 10. The van der Waals surface area contributed by atoms with Crippen LogP contribution in [0, 0.1) is 10.8 Å². The first-order valence-corrected chi connectivity index (χ1v) is 25.6. The Labute approximate surface area is 425 Å². The summed E-state index contributed by atoms with van der Waals surface area (Å²) >= 11 is 0. The van der Waals surface area contributed by atoms with E-state index in [1.807, 2.05) is 72.8 Å². The number of rotatable bonds is 6. The number of aromatic nitrogens is 6. The first kappa shape index (κ1) is 45.7. The predicted molar refractivity (Wildman–Crippen MR) is 295 cm³/mol. The standard InChI is InChI=1S/C66H62N6/c1-61(2)47-37-43(59-69-55(39-25-17-13-18-26-39)67-56(70-59)40-27-19-14-20-28-40)33-35-45(47)49-51(61)52-50(54-53(49)63(5,6)65(9,10)66(11,12)64(54,7)8)46-36-34-44(38-48(46)62(52,3)4)60-71-57(41-29-21-15-22-30-41)68-58(72-60)42-31-23-16-24-32-42/h13-38H,1-12H3. The molecule has 0 atom stereocenters. The van der Waals surface area contributed by atoms with Crippen molar-refractivity contribution in [1.29, 1.82) is 0 Å². The van der Waals surface area contributed by atoms with E-state index in [2.05, 4.69) is 168 Å². The smallest absolute Gasteiger partial charge is 0.164 e. The molecule has 9 aromatic rings. The van der Waals surface area contributed by atoms with Crippen LogP contribution in [0.5, 0.6) is 0 Å². The molecule has 2 aromatic heterocycles. The Morgan fingerprint density at radius 2 is 0.514 bits per heavy atom. The van der Waals surface area contributed by atoms with Crippen LogP contribution in [-0.2, 0) is 21.7 Å². The fourth-order valence-electron chi connectivity index (χ4n) is 13.0. The molecule has 2 heterocycles. The Balaban J connectivity index is 1.10. The molecule has 0 amide bonds. The van der Waals surface area contributed by atoms with Gasteiger partial charge in [0.15, 0.2) is 34.9 Å². The second kappa shape index (κ2) is 15.5. The molecule has 6 heteroatoms. The molecule has 3 aliphatic rings. The van der Waals surface area contributed by atoms with Crippen molar-refractivity contribution in [2.24, 2.45) is 10.8 Å². The molecule has 0 fully saturated rings. The van der Waals surface area contributed by atoms with Crippen LogP contribution >= 0.6 is 0 Å². The first-order chi connectivity index (χ1) is 34.2. The third-order valence-corrected chi connectivity index (χ3v) is 18.5. The molecular formula is C66H62N6. The first-order valence-electron chi connectivity index (χ1n) is 25.6. The molecule has 12 rings (SSSR count). The van der Waals surface area contributed by atoms with Crippen LogP contribution in [0.15, 0.2) is 158 Å². The van der Waals surface area contributed by atoms with Crippen LogP contribution in [0.25, 0.3) is 90.6 Å². The lowest BCUT2D eigenvalue weighted by Gasteiger charge is -2.65. The molecule has 72 heavy (non-hydrogen) atoms. The molecule has 0 aliphatic heterocycles. The van der Waals surface area contributed by atoms with Gasteiger partial charge in [-0.3, -0.25) is 0 Å². The van der Waals surface area contributed by atoms with Crippen LogP contribution in [0.1, 0.15) is 116 Å². The number of nitrogens with zero attached hydrogens (tertiary/aromatic N) is 6. The summed E-state index contributed by atoms with van der Waals surface area (Å²) in [5.74, 6) is 3.97. The van der Waals surface area contributed by atoms with Gasteiger partial charge in [-0.2, -0.15) is 0 Å². The highest BCUT2D eigenvalue weighted by Gasteiger charge is 2.64. The summed E-state index contributed by atoms with van der Waals surface area (Å²) in [6.07, 6.45) is 0. The highest BCUT2D eigenvalue weighted by Crippen LogP contribution is 2.72. The largest absolute Gasteiger partial charge is 0.208 e. The quantitative estimate of drug-likeness (QED) is 0.165. The zero-order valence-corrected chi connectivity index (χ0v) is 43.7. The van der Waals surface area contributed by atoms with E-state index in [1.165, 1.54) is 55.6 Å². The van der Waals surface area contributed by atoms with Gasteiger partial charge in [0.05, 0.1) is 0 Å². The van der Waals surface area contributed by atoms with Crippen LogP contribution in [0.3, 0.4) is 0 Å². The molecule has 7 aromatic carbocycles. The number of hydrogen-bond donors (Lipinski definition) is 0. The summed E-state index contributed by atoms with van der Waals surface area (Å²) in [5, 5.41) is 0. The lowest BCUT2D eigenvalue weighted by molar-refractivity contribution is -0.0435. The van der Waals surface area contributed by atoms with Crippen LogP contribution in [-0.4, -0.2) is 29.9 Å². The third kappa shape index (κ3) is 6.33. The molecule has 0 saturated carbocycles. The summed E-state index contributed by atoms with van der Waals surface area (Å²) in [6.45, 7) is 30.0. The van der Waals surface area contributed by atoms with Crippen molar-refractivity contribution < 1.29 is 0 Å². The van der Waals surface area contributed by atoms with Gasteiger partial charge in [0.1, 0.15) is 0 Å². The minimum atomic E-state index is -0.389. The average Bonchev–Trinajstić information content (AvgIpc) is 3.76. The highest BCUT2D eigenvalue weighted by atomic mass is 15.0. The molecule has 0 saturated heterocycles. The van der Waals surface area contributed by atoms with Gasteiger partial charge < -0.3 is 0 Å². The number of hydrogen-bond acceptors (Lipinski definition) is 6. The summed E-state index contributed by atoms with van der Waals surface area (Å²) in [7, 11) is 0. The van der Waals surface area contributed by atoms with E-state index in [9.17, 15) is 0 Å². The Kier molecular flexibility index (Phi) is 9.85. The van der Waals surface area contributed by atoms with Gasteiger partial charge in [-0.15, -0.1) is 0 Å². The van der Waals surface area contributed by atoms with Crippen LogP contribution < -0.4 is 0 Å². The van der Waals surface area contributed by atoms with E-state index in [0.29, 0.717) is 34.9 Å². The van der Waals surface area contributed by atoms with Crippen molar-refractivity contribution in [3.63, 3.8) is 0 Å². The second-order valence-electron chi connectivity index (χ2n) is 23.6. The molecule has 356 valence electrons. The molecule has 0 radical (unpaired) electrons. The van der Waals surface area contributed by atoms with E-state index in [4.69, 9.17) is 29.9 Å². The SMILES string of the molecule is CC1(C)c2cc(-c3nc(-c4ccccc4)nc(-c4ccccc4)n3)ccc2-c2c1c1c(c3c2C(C)(C)C(C)(C)C(C)(C)C3(C)C)-c2ccc(-c3nc(-c4ccccc4)nc(-c4ccccc4)n3)cc2C1(C)C. The van der Waals surface area contributed by atoms with Crippen molar-refractivity contribution in [3.8, 4) is 90.6 Å². The number of benzene rings is 7. The maximum absolute atomic E-state index is 5.22. The van der Waals surface area contributed by atoms with Gasteiger partial charge in [0.2, 0.25) is 0 Å². The topological polar surface area (TPSA) is 77.3 Å². The van der Waals surface area contributed by atoms with Gasteiger partial charge in [-0.1, -0.05) is 229 Å². The molecule has 3 aliphatic carbocycles. The molecule has 0 N–H and O–H groups in total. The minimum absolute atomic E-state index is 0.0929. The van der Waals surface area contributed by atoms with Gasteiger partial charge in [0.25, 0.3) is 0 Å². The van der Waals surface area contributed by atoms with Gasteiger partial charge in [-0.25, -0.2) is 29.9 Å². The van der Waals surface area contributed by atoms with E-state index in [1.54, 1.807) is 0 Å². The predicted octanol–water partition coefficient (Wildman–Crippen LogP) is 16.3. The van der Waals surface area contributed by atoms with Gasteiger partial charge in [0, 0.05) is 44.2 Å². The molecular weight excluding hydrogens is 877 g/mol. The Bertz CT molecular complexity index is 3300. The van der Waals surface area contributed by atoms with Crippen molar-refractivity contribution in [1.82, 2.24) is 29.9 Å². The van der Waals surface area contributed by atoms with Crippen molar-refractivity contribution in [2.75, 3.05) is 0 Å². The summed E-state index contributed by atoms with van der Waals surface area (Å²) in [5.41, 5.74) is 18.2. The monoisotopic (exact) mass is 939 g/mol. The molecule has 0 spiro atoms. The third-order valence-electron chi connectivity index (χ3n) is 18.5. The van der Waals surface area contributed by atoms with Gasteiger partial charge in [-0.05, 0) is 89.4 Å². The Morgan fingerprint density at radius 3 is 0.778 bits per heavy atom. The van der Waals surface area contributed by atoms with Gasteiger partial charge >= 0.3 is 0 Å².